The third-order valence-corrected chi connectivity index (χ3v) is 6.98. The fourth-order valence-electron chi connectivity index (χ4n) is 3.77. The van der Waals surface area contributed by atoms with E-state index in [4.69, 9.17) is 5.11 Å². The van der Waals surface area contributed by atoms with Gasteiger partial charge < -0.3 is 5.11 Å². The van der Waals surface area contributed by atoms with Crippen molar-refractivity contribution in [1.29, 1.82) is 0 Å². The lowest BCUT2D eigenvalue weighted by Crippen LogP contribution is -2.12. The smallest absolute Gasteiger partial charge is 0.303 e. The average Bonchev–Trinajstić information content (AvgIpc) is 3.11. The Bertz CT molecular complexity index is 1460. The maximum absolute atomic E-state index is 13.8. The lowest BCUT2D eigenvalue weighted by Gasteiger charge is -2.11. The third-order valence-electron chi connectivity index (χ3n) is 5.31. The number of benzene rings is 3. The highest BCUT2D eigenvalue weighted by Crippen LogP contribution is 2.30. The highest BCUT2D eigenvalue weighted by atomic mass is 32.2. The number of carboxylic acid groups (broad SMARTS) is 1. The van der Waals surface area contributed by atoms with Crippen molar-refractivity contribution in [2.45, 2.75) is 24.7 Å². The van der Waals surface area contributed by atoms with Gasteiger partial charge in [0.2, 0.25) is 0 Å². The Balaban J connectivity index is 1.84. The van der Waals surface area contributed by atoms with Crippen LogP contribution in [0.5, 0.6) is 0 Å². The summed E-state index contributed by atoms with van der Waals surface area (Å²) in [6.45, 7) is 1.74. The summed E-state index contributed by atoms with van der Waals surface area (Å²) < 4.78 is 55.4. The molecule has 164 valence electrons. The number of aliphatic carboxylic acids is 1. The zero-order valence-corrected chi connectivity index (χ0v) is 17.9. The van der Waals surface area contributed by atoms with Crippen molar-refractivity contribution in [3.05, 3.63) is 89.6 Å². The number of halogens is 2. The van der Waals surface area contributed by atoms with Gasteiger partial charge in [-0.15, -0.1) is 0 Å². The van der Waals surface area contributed by atoms with Gasteiger partial charge in [0.15, 0.2) is 0 Å². The van der Waals surface area contributed by atoms with Crippen molar-refractivity contribution in [3.8, 4) is 11.1 Å². The van der Waals surface area contributed by atoms with E-state index < -0.39 is 21.8 Å². The molecule has 0 bridgehead atoms. The molecule has 3 aromatic carbocycles. The number of carboxylic acids is 1. The van der Waals surface area contributed by atoms with E-state index in [-0.39, 0.29) is 29.1 Å². The van der Waals surface area contributed by atoms with Gasteiger partial charge >= 0.3 is 5.97 Å². The Morgan fingerprint density at radius 2 is 1.72 bits per heavy atom. The second-order valence-electron chi connectivity index (χ2n) is 7.50. The van der Waals surface area contributed by atoms with E-state index in [2.05, 4.69) is 0 Å². The van der Waals surface area contributed by atoms with Crippen LogP contribution < -0.4 is 0 Å². The molecule has 0 amide bonds. The van der Waals surface area contributed by atoms with Crippen LogP contribution in [0.1, 0.15) is 17.5 Å². The molecule has 0 saturated heterocycles. The number of aryl methyl sites for hydroxylation is 2. The van der Waals surface area contributed by atoms with Gasteiger partial charge in [-0.25, -0.2) is 21.2 Å². The van der Waals surface area contributed by atoms with Crippen LogP contribution in [0.15, 0.2) is 71.8 Å². The zero-order valence-electron chi connectivity index (χ0n) is 17.0. The maximum Gasteiger partial charge on any atom is 0.303 e. The Hall–Kier alpha value is -3.52. The summed E-state index contributed by atoms with van der Waals surface area (Å²) in [5.41, 5.74) is 2.66. The molecule has 0 aliphatic heterocycles. The molecule has 0 aliphatic carbocycles. The van der Waals surface area contributed by atoms with Crippen molar-refractivity contribution in [3.63, 3.8) is 0 Å². The molecule has 0 radical (unpaired) electrons. The number of nitrogens with zero attached hydrogens (tertiary/aromatic N) is 1. The minimum atomic E-state index is -4.07. The molecule has 0 unspecified atom stereocenters. The summed E-state index contributed by atoms with van der Waals surface area (Å²) in [5, 5.41) is 9.35. The summed E-state index contributed by atoms with van der Waals surface area (Å²) in [5.74, 6) is -1.96. The molecule has 8 heteroatoms. The molecule has 0 aliphatic rings. The molecule has 1 heterocycles. The average molecular weight is 455 g/mol. The molecular formula is C24H19F2NO4S. The normalized spacial score (nSPS) is 11.7. The number of fused-ring (bicyclic) bond motifs is 1. The number of aromatic nitrogens is 1. The third kappa shape index (κ3) is 4.01. The quantitative estimate of drug-likeness (QED) is 0.436. The van der Waals surface area contributed by atoms with Gasteiger partial charge in [-0.2, -0.15) is 0 Å². The first-order valence-electron chi connectivity index (χ1n) is 9.80. The number of carbonyl (C=O) groups is 1. The molecule has 1 N–H and O–H groups in total. The van der Waals surface area contributed by atoms with E-state index in [0.29, 0.717) is 27.6 Å². The van der Waals surface area contributed by atoms with Crippen molar-refractivity contribution < 1.29 is 27.1 Å². The molecule has 4 aromatic rings. The van der Waals surface area contributed by atoms with Gasteiger partial charge in [-0.3, -0.25) is 4.79 Å². The number of hydrogen-bond acceptors (Lipinski definition) is 3. The van der Waals surface area contributed by atoms with Crippen molar-refractivity contribution in [2.75, 3.05) is 0 Å². The summed E-state index contributed by atoms with van der Waals surface area (Å²) >= 11 is 0. The Kier molecular flexibility index (Phi) is 5.56. The fourth-order valence-corrected chi connectivity index (χ4v) is 5.20. The van der Waals surface area contributed by atoms with E-state index in [1.165, 1.54) is 42.6 Å². The summed E-state index contributed by atoms with van der Waals surface area (Å²) in [4.78, 5) is 11.0. The van der Waals surface area contributed by atoms with E-state index in [1.807, 2.05) is 0 Å². The molecule has 0 fully saturated rings. The van der Waals surface area contributed by atoms with Gasteiger partial charge in [-0.1, -0.05) is 18.2 Å². The summed E-state index contributed by atoms with van der Waals surface area (Å²) in [7, 11) is -4.07. The first-order valence-corrected chi connectivity index (χ1v) is 11.2. The fraction of sp³-hybridized carbons (Fsp3) is 0.125. The van der Waals surface area contributed by atoms with E-state index >= 15 is 0 Å². The van der Waals surface area contributed by atoms with Crippen LogP contribution in [0.4, 0.5) is 8.78 Å². The monoisotopic (exact) mass is 455 g/mol. The molecule has 32 heavy (non-hydrogen) atoms. The van der Waals surface area contributed by atoms with Crippen LogP contribution in [0.25, 0.3) is 22.0 Å². The molecule has 0 atom stereocenters. The van der Waals surface area contributed by atoms with Gasteiger partial charge in [0.25, 0.3) is 10.0 Å². The largest absolute Gasteiger partial charge is 0.481 e. The summed E-state index contributed by atoms with van der Waals surface area (Å²) in [6, 6.07) is 14.3. The second-order valence-corrected chi connectivity index (χ2v) is 9.31. The first kappa shape index (κ1) is 21.7. The van der Waals surface area contributed by atoms with E-state index in [9.17, 15) is 22.0 Å². The Morgan fingerprint density at radius 3 is 2.44 bits per heavy atom. The molecule has 4 rings (SSSR count). The lowest BCUT2D eigenvalue weighted by molar-refractivity contribution is -0.136. The Labute approximate surface area is 183 Å². The van der Waals surface area contributed by atoms with Gasteiger partial charge in [0, 0.05) is 18.0 Å². The predicted octanol–water partition coefficient (Wildman–Crippen LogP) is 5.15. The van der Waals surface area contributed by atoms with Crippen LogP contribution >= 0.6 is 0 Å². The second kappa shape index (κ2) is 8.20. The zero-order chi connectivity index (χ0) is 23.0. The van der Waals surface area contributed by atoms with Crippen molar-refractivity contribution >= 4 is 26.9 Å². The summed E-state index contributed by atoms with van der Waals surface area (Å²) in [6.07, 6.45) is 1.19. The molecule has 0 saturated carbocycles. The molecule has 5 nitrogen and oxygen atoms in total. The maximum atomic E-state index is 13.8. The van der Waals surface area contributed by atoms with Crippen LogP contribution in [0.3, 0.4) is 0 Å². The van der Waals surface area contributed by atoms with Crippen LogP contribution in [-0.4, -0.2) is 23.5 Å². The topological polar surface area (TPSA) is 76.4 Å². The van der Waals surface area contributed by atoms with Crippen LogP contribution in [0.2, 0.25) is 0 Å². The highest BCUT2D eigenvalue weighted by molar-refractivity contribution is 7.90. The number of hydrogen-bond donors (Lipinski definition) is 1. The van der Waals surface area contributed by atoms with Gasteiger partial charge in [0.1, 0.15) is 11.6 Å². The standard InChI is InChI=1S/C24H19F2NO4S/c1-15-11-18(25)6-8-21(15)16-3-2-4-20(12-16)32(30,31)27-14-17(5-10-24(28)29)22-13-19(26)7-9-23(22)27/h2-4,6-9,11-14H,5,10H2,1H3,(H,28,29). The molecule has 1 aromatic heterocycles. The first-order chi connectivity index (χ1) is 15.2. The Morgan fingerprint density at radius 1 is 1.00 bits per heavy atom. The van der Waals surface area contributed by atoms with Crippen molar-refractivity contribution in [2.24, 2.45) is 0 Å². The highest BCUT2D eigenvalue weighted by Gasteiger charge is 2.22. The number of rotatable bonds is 6. The predicted molar refractivity (Wildman–Crippen MR) is 117 cm³/mol. The van der Waals surface area contributed by atoms with Crippen molar-refractivity contribution in [1.82, 2.24) is 3.97 Å². The van der Waals surface area contributed by atoms with Gasteiger partial charge in [0.05, 0.1) is 10.4 Å². The van der Waals surface area contributed by atoms with E-state index in [0.717, 1.165) is 10.0 Å². The van der Waals surface area contributed by atoms with Gasteiger partial charge in [-0.05, 0) is 78.1 Å². The molecule has 0 spiro atoms. The minimum absolute atomic E-state index is 0.00438. The van der Waals surface area contributed by atoms with Crippen LogP contribution in [0, 0.1) is 18.6 Å². The van der Waals surface area contributed by atoms with E-state index in [1.54, 1.807) is 25.1 Å². The molecular weight excluding hydrogens is 436 g/mol. The lowest BCUT2D eigenvalue weighted by atomic mass is 10.0. The SMILES string of the molecule is Cc1cc(F)ccc1-c1cccc(S(=O)(=O)n2cc(CCC(=O)O)c3cc(F)ccc32)c1. The van der Waals surface area contributed by atoms with Crippen LogP contribution in [-0.2, 0) is 21.2 Å². The minimum Gasteiger partial charge on any atom is -0.481 e.